The van der Waals surface area contributed by atoms with E-state index in [1.165, 1.54) is 10.6 Å². The van der Waals surface area contributed by atoms with E-state index in [2.05, 4.69) is 22.0 Å². The van der Waals surface area contributed by atoms with E-state index >= 15 is 0 Å². The molecule has 1 aromatic heterocycles. The standard InChI is InChI=1S/C13H9BrFINO.Y/c1-2-17-12(6-5-11(16)13(17)18)9-4-3-8(14)7-10(9)15;/h3-5,7H,2H2,1H3;/q-1;. The van der Waals surface area contributed by atoms with E-state index in [1.54, 1.807) is 18.2 Å². The number of rotatable bonds is 2. The van der Waals surface area contributed by atoms with Gasteiger partial charge in [-0.25, -0.2) is 4.39 Å². The van der Waals surface area contributed by atoms with E-state index in [0.717, 1.165) is 0 Å². The van der Waals surface area contributed by atoms with Crippen molar-refractivity contribution in [2.45, 2.75) is 13.5 Å². The van der Waals surface area contributed by atoms with Gasteiger partial charge in [0.15, 0.2) is 0 Å². The van der Waals surface area contributed by atoms with Crippen molar-refractivity contribution in [3.8, 4) is 11.3 Å². The molecule has 0 bridgehead atoms. The molecule has 0 fully saturated rings. The molecular formula is C13H9BrFINOY-. The Hall–Kier alpha value is 0.414. The van der Waals surface area contributed by atoms with Gasteiger partial charge >= 0.3 is 0 Å². The average molecular weight is 510 g/mol. The number of halogens is 3. The Morgan fingerprint density at radius 2 is 2.16 bits per heavy atom. The van der Waals surface area contributed by atoms with E-state index in [9.17, 15) is 9.18 Å². The van der Waals surface area contributed by atoms with Crippen LogP contribution in [0.25, 0.3) is 11.3 Å². The van der Waals surface area contributed by atoms with E-state index in [4.69, 9.17) is 0 Å². The molecule has 0 saturated heterocycles. The number of hydrogen-bond acceptors (Lipinski definition) is 1. The molecule has 0 aliphatic heterocycles. The zero-order valence-corrected chi connectivity index (χ0v) is 16.7. The Balaban J connectivity index is 0.00000180. The summed E-state index contributed by atoms with van der Waals surface area (Å²) >= 11 is 5.17. The third kappa shape index (κ3) is 3.74. The fourth-order valence-corrected chi connectivity index (χ4v) is 2.49. The second-order valence-electron chi connectivity index (χ2n) is 3.66. The summed E-state index contributed by atoms with van der Waals surface area (Å²) in [5.74, 6) is -0.372. The Labute approximate surface area is 157 Å². The van der Waals surface area contributed by atoms with Crippen molar-refractivity contribution in [1.82, 2.24) is 4.57 Å². The van der Waals surface area contributed by atoms with Gasteiger partial charge in [-0.15, -0.1) is 28.7 Å². The quantitative estimate of drug-likeness (QED) is 0.445. The summed E-state index contributed by atoms with van der Waals surface area (Å²) in [5.41, 5.74) is 0.746. The third-order valence-electron chi connectivity index (χ3n) is 2.56. The molecule has 0 unspecified atom stereocenters. The van der Waals surface area contributed by atoms with E-state index in [1.807, 2.05) is 29.5 Å². The van der Waals surface area contributed by atoms with E-state index in [0.29, 0.717) is 25.8 Å². The number of nitrogens with zero attached hydrogens (tertiary/aromatic N) is 1. The predicted octanol–water partition coefficient (Wildman–Crippen LogP) is 3.84. The van der Waals surface area contributed by atoms with Crippen molar-refractivity contribution >= 4 is 38.5 Å². The van der Waals surface area contributed by atoms with Crippen LogP contribution >= 0.6 is 38.5 Å². The van der Waals surface area contributed by atoms with Gasteiger partial charge in [-0.3, -0.25) is 4.79 Å². The van der Waals surface area contributed by atoms with Crippen LogP contribution in [0.15, 0.2) is 33.5 Å². The molecular weight excluding hydrogens is 501 g/mol. The van der Waals surface area contributed by atoms with Gasteiger partial charge < -0.3 is 4.57 Å². The van der Waals surface area contributed by atoms with Crippen molar-refractivity contribution < 1.29 is 37.1 Å². The molecule has 6 heteroatoms. The van der Waals surface area contributed by atoms with Crippen LogP contribution in [0.5, 0.6) is 0 Å². The van der Waals surface area contributed by atoms with Crippen LogP contribution in [-0.4, -0.2) is 4.57 Å². The zero-order valence-electron chi connectivity index (χ0n) is 10.1. The van der Waals surface area contributed by atoms with Crippen LogP contribution in [0.4, 0.5) is 4.39 Å². The number of hydrogen-bond donors (Lipinski definition) is 0. The summed E-state index contributed by atoms with van der Waals surface area (Å²) in [6.07, 6.45) is 0. The topological polar surface area (TPSA) is 22.0 Å². The van der Waals surface area contributed by atoms with Gasteiger partial charge in [-0.05, 0) is 16.6 Å². The van der Waals surface area contributed by atoms with Crippen LogP contribution < -0.4 is 5.56 Å². The smallest absolute Gasteiger partial charge is 0.207 e. The van der Waals surface area contributed by atoms with Gasteiger partial charge in [0.05, 0.1) is 5.82 Å². The first-order chi connectivity index (χ1) is 8.54. The van der Waals surface area contributed by atoms with Crippen molar-refractivity contribution in [2.24, 2.45) is 0 Å². The second kappa shape index (κ2) is 7.43. The number of benzene rings is 1. The summed E-state index contributed by atoms with van der Waals surface area (Å²) in [7, 11) is 0. The second-order valence-corrected chi connectivity index (χ2v) is 5.74. The first kappa shape index (κ1) is 17.5. The van der Waals surface area contributed by atoms with Gasteiger partial charge in [0.25, 0.3) is 0 Å². The Kier molecular flexibility index (Phi) is 6.83. The van der Waals surface area contributed by atoms with Crippen molar-refractivity contribution in [1.29, 1.82) is 0 Å². The molecule has 0 spiro atoms. The minimum absolute atomic E-state index is 0. The van der Waals surface area contributed by atoms with Gasteiger partial charge in [0.2, 0.25) is 5.56 Å². The molecule has 0 N–H and O–H groups in total. The first-order valence-electron chi connectivity index (χ1n) is 5.31. The Morgan fingerprint density at radius 3 is 2.74 bits per heavy atom. The molecule has 1 aromatic carbocycles. The maximum Gasteiger partial charge on any atom is 0.207 e. The normalized spacial score (nSPS) is 10.1. The summed E-state index contributed by atoms with van der Waals surface area (Å²) < 4.78 is 16.7. The van der Waals surface area contributed by atoms with Crippen LogP contribution in [0, 0.1) is 15.5 Å². The van der Waals surface area contributed by atoms with E-state index in [-0.39, 0.29) is 44.1 Å². The van der Waals surface area contributed by atoms with Crippen molar-refractivity contribution in [3.05, 3.63) is 54.5 Å². The summed E-state index contributed by atoms with van der Waals surface area (Å²) in [5, 5.41) is 0. The Morgan fingerprint density at radius 1 is 1.47 bits per heavy atom. The van der Waals surface area contributed by atoms with Gasteiger partial charge in [-0.1, -0.05) is 33.3 Å². The predicted molar refractivity (Wildman–Crippen MR) is 81.0 cm³/mol. The molecule has 0 aliphatic carbocycles. The number of aromatic nitrogens is 1. The maximum atomic E-state index is 13.9. The molecule has 97 valence electrons. The summed E-state index contributed by atoms with van der Waals surface area (Å²) in [6, 6.07) is 9.33. The summed E-state index contributed by atoms with van der Waals surface area (Å²) in [4.78, 5) is 12.0. The van der Waals surface area contributed by atoms with E-state index < -0.39 is 0 Å². The third-order valence-corrected chi connectivity index (χ3v) is 3.82. The van der Waals surface area contributed by atoms with Gasteiger partial charge in [-0.2, -0.15) is 12.1 Å². The van der Waals surface area contributed by atoms with Gasteiger partial charge in [0.1, 0.15) is 0 Å². The fraction of sp³-hybridized carbons (Fsp3) is 0.154. The van der Waals surface area contributed by atoms with Crippen LogP contribution in [-0.2, 0) is 39.3 Å². The largest absolute Gasteiger partial charge is 0.342 e. The first-order valence-corrected chi connectivity index (χ1v) is 7.18. The molecule has 0 amide bonds. The molecule has 2 rings (SSSR count). The zero-order chi connectivity index (χ0) is 13.3. The monoisotopic (exact) mass is 509 g/mol. The van der Waals surface area contributed by atoms with Crippen LogP contribution in [0.3, 0.4) is 0 Å². The maximum absolute atomic E-state index is 13.9. The molecule has 2 aromatic rings. The summed E-state index contributed by atoms with van der Waals surface area (Å²) in [6.45, 7) is 2.34. The van der Waals surface area contributed by atoms with Gasteiger partial charge in [0, 0.05) is 43.7 Å². The fourth-order valence-electron chi connectivity index (χ4n) is 1.71. The average Bonchev–Trinajstić information content (AvgIpc) is 2.33. The molecule has 0 saturated carbocycles. The molecule has 19 heavy (non-hydrogen) atoms. The van der Waals surface area contributed by atoms with Crippen molar-refractivity contribution in [3.63, 3.8) is 0 Å². The molecule has 2 nitrogen and oxygen atoms in total. The molecule has 0 aliphatic rings. The number of pyridine rings is 1. The van der Waals surface area contributed by atoms with Crippen molar-refractivity contribution in [2.75, 3.05) is 0 Å². The molecule has 1 heterocycles. The minimum atomic E-state index is -0.372. The van der Waals surface area contributed by atoms with Crippen LogP contribution in [0.1, 0.15) is 6.92 Å². The molecule has 0 atom stereocenters. The van der Waals surface area contributed by atoms with Crippen LogP contribution in [0.2, 0.25) is 0 Å². The Bertz CT molecular complexity index is 660. The SMILES string of the molecule is CCn1c(-c2ccc(Br)cc2F)[c-]cc(I)c1=O.[Y]. The molecule has 1 radical (unpaired) electrons. The minimum Gasteiger partial charge on any atom is -0.342 e.